The minimum atomic E-state index is 0.620. The molecule has 1 aromatic rings. The molecule has 3 heteroatoms. The molecule has 1 aromatic heterocycles. The van der Waals surface area contributed by atoms with E-state index in [9.17, 15) is 0 Å². The van der Waals surface area contributed by atoms with Gasteiger partial charge in [-0.3, -0.25) is 0 Å². The Morgan fingerprint density at radius 1 is 1.40 bits per heavy atom. The molecule has 0 saturated heterocycles. The molecule has 0 spiro atoms. The highest BCUT2D eigenvalue weighted by molar-refractivity contribution is 9.09. The van der Waals surface area contributed by atoms with Gasteiger partial charge in [0.15, 0.2) is 0 Å². The summed E-state index contributed by atoms with van der Waals surface area (Å²) in [6.45, 7) is 6.66. The summed E-state index contributed by atoms with van der Waals surface area (Å²) in [5.41, 5.74) is 0. The summed E-state index contributed by atoms with van der Waals surface area (Å²) >= 11 is 5.52. The molecule has 0 radical (unpaired) electrons. The monoisotopic (exact) mass is 289 g/mol. The van der Waals surface area contributed by atoms with E-state index in [1.165, 1.54) is 16.2 Å². The van der Waals surface area contributed by atoms with E-state index in [0.29, 0.717) is 4.83 Å². The summed E-state index contributed by atoms with van der Waals surface area (Å²) in [4.78, 5) is 5.99. The molecule has 1 rings (SSSR count). The Balaban J connectivity index is 2.33. The molecule has 0 bridgehead atoms. The molecule has 1 nitrogen and oxygen atoms in total. The highest BCUT2D eigenvalue weighted by atomic mass is 79.9. The standard InChI is InChI=1S/C12H20BrNS/c1-4-11-5-6-12(15-11)9-14(3)8-7-10(2)13/h5-6,10H,4,7-9H2,1-3H3. The second kappa shape index (κ2) is 6.66. The summed E-state index contributed by atoms with van der Waals surface area (Å²) < 4.78 is 0. The van der Waals surface area contributed by atoms with Crippen molar-refractivity contribution in [3.05, 3.63) is 21.9 Å². The van der Waals surface area contributed by atoms with E-state index in [1.54, 1.807) is 0 Å². The molecule has 1 atom stereocenters. The van der Waals surface area contributed by atoms with Crippen molar-refractivity contribution in [1.29, 1.82) is 0 Å². The largest absolute Gasteiger partial charge is 0.301 e. The van der Waals surface area contributed by atoms with E-state index >= 15 is 0 Å². The van der Waals surface area contributed by atoms with Crippen molar-refractivity contribution >= 4 is 27.3 Å². The van der Waals surface area contributed by atoms with Crippen LogP contribution in [0.1, 0.15) is 30.0 Å². The minimum absolute atomic E-state index is 0.620. The third-order valence-corrected chi connectivity index (χ3v) is 4.07. The van der Waals surface area contributed by atoms with E-state index in [0.717, 1.165) is 19.5 Å². The van der Waals surface area contributed by atoms with Crippen LogP contribution in [0.4, 0.5) is 0 Å². The van der Waals surface area contributed by atoms with Crippen molar-refractivity contribution in [2.45, 2.75) is 38.1 Å². The van der Waals surface area contributed by atoms with Gasteiger partial charge in [-0.05, 0) is 38.6 Å². The van der Waals surface area contributed by atoms with Gasteiger partial charge >= 0.3 is 0 Å². The van der Waals surface area contributed by atoms with Gasteiger partial charge in [0, 0.05) is 21.1 Å². The maximum Gasteiger partial charge on any atom is 0.0324 e. The van der Waals surface area contributed by atoms with Gasteiger partial charge < -0.3 is 4.90 Å². The summed E-state index contributed by atoms with van der Waals surface area (Å²) in [7, 11) is 2.20. The van der Waals surface area contributed by atoms with E-state index in [-0.39, 0.29) is 0 Å². The van der Waals surface area contributed by atoms with Crippen molar-refractivity contribution in [3.8, 4) is 0 Å². The van der Waals surface area contributed by atoms with Gasteiger partial charge in [-0.2, -0.15) is 0 Å². The predicted molar refractivity (Wildman–Crippen MR) is 73.0 cm³/mol. The maximum atomic E-state index is 3.58. The Bertz CT molecular complexity index is 283. The maximum absolute atomic E-state index is 3.58. The predicted octanol–water partition coefficient (Wildman–Crippen LogP) is 3.92. The number of alkyl halides is 1. The third-order valence-electron chi connectivity index (χ3n) is 2.40. The number of aryl methyl sites for hydroxylation is 1. The lowest BCUT2D eigenvalue weighted by Crippen LogP contribution is -2.20. The first-order valence-electron chi connectivity index (χ1n) is 5.52. The first kappa shape index (κ1) is 13.2. The Morgan fingerprint density at radius 2 is 2.07 bits per heavy atom. The van der Waals surface area contributed by atoms with Crippen LogP contribution in [0.15, 0.2) is 12.1 Å². The van der Waals surface area contributed by atoms with Crippen molar-refractivity contribution in [2.75, 3.05) is 13.6 Å². The van der Waals surface area contributed by atoms with Crippen LogP contribution in [0.25, 0.3) is 0 Å². The van der Waals surface area contributed by atoms with Crippen LogP contribution in [0.3, 0.4) is 0 Å². The fourth-order valence-corrected chi connectivity index (χ4v) is 2.68. The first-order valence-corrected chi connectivity index (χ1v) is 7.25. The molecule has 0 aromatic carbocycles. The Labute approximate surface area is 106 Å². The third kappa shape index (κ3) is 5.14. The van der Waals surface area contributed by atoms with Gasteiger partial charge in [0.2, 0.25) is 0 Å². The fourth-order valence-electron chi connectivity index (χ4n) is 1.44. The van der Waals surface area contributed by atoms with Crippen LogP contribution in [0.2, 0.25) is 0 Å². The van der Waals surface area contributed by atoms with E-state index in [1.807, 2.05) is 11.3 Å². The topological polar surface area (TPSA) is 3.24 Å². The molecule has 1 heterocycles. The molecule has 0 fully saturated rings. The quantitative estimate of drug-likeness (QED) is 0.718. The summed E-state index contributed by atoms with van der Waals surface area (Å²) in [5.74, 6) is 0. The fraction of sp³-hybridized carbons (Fsp3) is 0.667. The van der Waals surface area contributed by atoms with Gasteiger partial charge in [0.25, 0.3) is 0 Å². The number of hydrogen-bond acceptors (Lipinski definition) is 2. The Morgan fingerprint density at radius 3 is 2.60 bits per heavy atom. The highest BCUT2D eigenvalue weighted by Crippen LogP contribution is 2.18. The molecule has 0 saturated carbocycles. The normalized spacial score (nSPS) is 13.4. The molecule has 0 aliphatic rings. The highest BCUT2D eigenvalue weighted by Gasteiger charge is 2.04. The molecular weight excluding hydrogens is 270 g/mol. The van der Waals surface area contributed by atoms with Gasteiger partial charge in [0.05, 0.1) is 0 Å². The second-order valence-corrected chi connectivity index (χ2v) is 6.84. The molecule has 1 unspecified atom stereocenters. The van der Waals surface area contributed by atoms with Gasteiger partial charge in [-0.25, -0.2) is 0 Å². The zero-order valence-corrected chi connectivity index (χ0v) is 12.2. The molecule has 0 aliphatic heterocycles. The summed E-state index contributed by atoms with van der Waals surface area (Å²) in [6.07, 6.45) is 2.37. The van der Waals surface area contributed by atoms with Crippen LogP contribution >= 0.6 is 27.3 Å². The summed E-state index contributed by atoms with van der Waals surface area (Å²) in [6, 6.07) is 4.51. The lowest BCUT2D eigenvalue weighted by Gasteiger charge is -2.16. The number of hydrogen-bond donors (Lipinski definition) is 0. The van der Waals surface area contributed by atoms with Crippen molar-refractivity contribution in [1.82, 2.24) is 4.90 Å². The van der Waals surface area contributed by atoms with Crippen LogP contribution in [0.5, 0.6) is 0 Å². The molecule has 86 valence electrons. The Hall–Kier alpha value is 0.140. The van der Waals surface area contributed by atoms with Crippen molar-refractivity contribution in [3.63, 3.8) is 0 Å². The lowest BCUT2D eigenvalue weighted by molar-refractivity contribution is 0.325. The molecule has 0 amide bonds. The number of thiophene rings is 1. The van der Waals surface area contributed by atoms with Gasteiger partial charge in [-0.1, -0.05) is 29.8 Å². The van der Waals surface area contributed by atoms with E-state index < -0.39 is 0 Å². The SMILES string of the molecule is CCc1ccc(CN(C)CCC(C)Br)s1. The van der Waals surface area contributed by atoms with E-state index in [2.05, 4.69) is 53.9 Å². The second-order valence-electron chi connectivity index (χ2n) is 4.03. The average Bonchev–Trinajstić information content (AvgIpc) is 2.62. The number of rotatable bonds is 6. The average molecular weight is 290 g/mol. The van der Waals surface area contributed by atoms with E-state index in [4.69, 9.17) is 0 Å². The number of halogens is 1. The summed E-state index contributed by atoms with van der Waals surface area (Å²) in [5, 5.41) is 0. The molecule has 0 aliphatic carbocycles. The molecular formula is C12H20BrNS. The zero-order chi connectivity index (χ0) is 11.3. The first-order chi connectivity index (χ1) is 7.11. The zero-order valence-electron chi connectivity index (χ0n) is 9.79. The van der Waals surface area contributed by atoms with Gasteiger partial charge in [-0.15, -0.1) is 11.3 Å². The van der Waals surface area contributed by atoms with Crippen molar-refractivity contribution in [2.24, 2.45) is 0 Å². The van der Waals surface area contributed by atoms with Crippen LogP contribution < -0.4 is 0 Å². The van der Waals surface area contributed by atoms with Crippen LogP contribution in [0, 0.1) is 0 Å². The van der Waals surface area contributed by atoms with Crippen molar-refractivity contribution < 1.29 is 0 Å². The number of nitrogens with zero attached hydrogens (tertiary/aromatic N) is 1. The van der Waals surface area contributed by atoms with Crippen LogP contribution in [-0.2, 0) is 13.0 Å². The van der Waals surface area contributed by atoms with Gasteiger partial charge in [0.1, 0.15) is 0 Å². The Kier molecular flexibility index (Phi) is 5.87. The minimum Gasteiger partial charge on any atom is -0.301 e. The molecule has 0 N–H and O–H groups in total. The lowest BCUT2D eigenvalue weighted by atomic mass is 10.3. The smallest absolute Gasteiger partial charge is 0.0324 e. The molecule has 15 heavy (non-hydrogen) atoms. The van der Waals surface area contributed by atoms with Crippen LogP contribution in [-0.4, -0.2) is 23.3 Å².